The summed E-state index contributed by atoms with van der Waals surface area (Å²) in [6, 6.07) is 5.52. The third-order valence-electron chi connectivity index (χ3n) is 3.94. The number of nitrogen functional groups attached to an aromatic ring is 1. The summed E-state index contributed by atoms with van der Waals surface area (Å²) in [5.74, 6) is 0.883. The Kier molecular flexibility index (Phi) is 2.47. The van der Waals surface area contributed by atoms with Crippen LogP contribution in [0.5, 0.6) is 5.75 Å². The lowest BCUT2D eigenvalue weighted by molar-refractivity contribution is -0.135. The van der Waals surface area contributed by atoms with Gasteiger partial charge >= 0.3 is 0 Å². The van der Waals surface area contributed by atoms with Crippen LogP contribution in [0, 0.1) is 0 Å². The fourth-order valence-electron chi connectivity index (χ4n) is 3.02. The smallest absolute Gasteiger partial charge is 0.271 e. The van der Waals surface area contributed by atoms with E-state index in [1.807, 2.05) is 25.1 Å². The number of nitrogens with zero attached hydrogens (tertiary/aromatic N) is 1. The van der Waals surface area contributed by atoms with Crippen molar-refractivity contribution in [2.45, 2.75) is 38.2 Å². The molecule has 1 aliphatic carbocycles. The van der Waals surface area contributed by atoms with E-state index < -0.39 is 5.60 Å². The first-order valence-electron chi connectivity index (χ1n) is 6.57. The molecule has 4 nitrogen and oxygen atoms in total. The maximum atomic E-state index is 12.6. The van der Waals surface area contributed by atoms with Crippen molar-refractivity contribution in [2.75, 3.05) is 17.2 Å². The van der Waals surface area contributed by atoms with E-state index in [4.69, 9.17) is 10.5 Å². The summed E-state index contributed by atoms with van der Waals surface area (Å²) in [5, 5.41) is 0. The quantitative estimate of drug-likeness (QED) is 0.774. The molecule has 1 aliphatic heterocycles. The minimum absolute atomic E-state index is 0.0978. The van der Waals surface area contributed by atoms with Gasteiger partial charge in [-0.15, -0.1) is 0 Å². The number of nitrogens with two attached hydrogens (primary N) is 1. The molecule has 18 heavy (non-hydrogen) atoms. The molecule has 1 fully saturated rings. The van der Waals surface area contributed by atoms with Crippen LogP contribution >= 0.6 is 0 Å². The number of anilines is 2. The fourth-order valence-corrected chi connectivity index (χ4v) is 3.02. The zero-order valence-electron chi connectivity index (χ0n) is 10.6. The van der Waals surface area contributed by atoms with Crippen LogP contribution in [0.25, 0.3) is 0 Å². The van der Waals surface area contributed by atoms with Gasteiger partial charge in [-0.1, -0.05) is 0 Å². The largest absolute Gasteiger partial charge is 0.475 e. The second kappa shape index (κ2) is 3.90. The summed E-state index contributed by atoms with van der Waals surface area (Å²) < 4.78 is 6.03. The normalized spacial score (nSPS) is 20.9. The van der Waals surface area contributed by atoms with Crippen molar-refractivity contribution in [2.24, 2.45) is 0 Å². The maximum absolute atomic E-state index is 12.6. The zero-order chi connectivity index (χ0) is 12.8. The van der Waals surface area contributed by atoms with Crippen molar-refractivity contribution in [3.05, 3.63) is 18.2 Å². The van der Waals surface area contributed by atoms with Crippen molar-refractivity contribution in [1.29, 1.82) is 0 Å². The fraction of sp³-hybridized carbons (Fsp3) is 0.500. The third-order valence-corrected chi connectivity index (χ3v) is 3.94. The molecule has 2 aliphatic rings. The van der Waals surface area contributed by atoms with Gasteiger partial charge in [-0.2, -0.15) is 0 Å². The van der Waals surface area contributed by atoms with Gasteiger partial charge in [-0.05, 0) is 50.8 Å². The van der Waals surface area contributed by atoms with Crippen molar-refractivity contribution < 1.29 is 9.53 Å². The number of benzene rings is 1. The lowest BCUT2D eigenvalue weighted by Gasteiger charge is -2.40. The Morgan fingerprint density at radius 1 is 1.39 bits per heavy atom. The number of carbonyl (C=O) groups excluding carboxylic acids is 1. The summed E-state index contributed by atoms with van der Waals surface area (Å²) in [5.41, 5.74) is 6.65. The van der Waals surface area contributed by atoms with Crippen LogP contribution in [0.2, 0.25) is 0 Å². The SMILES string of the molecule is CCN1C(=O)C2(CCCC2)Oc2ccc(N)cc21. The minimum Gasteiger partial charge on any atom is -0.475 e. The summed E-state index contributed by atoms with van der Waals surface area (Å²) in [6.07, 6.45) is 3.78. The Morgan fingerprint density at radius 2 is 2.11 bits per heavy atom. The third kappa shape index (κ3) is 1.48. The molecular weight excluding hydrogens is 228 g/mol. The standard InChI is InChI=1S/C14H18N2O2/c1-2-16-11-9-10(15)5-6-12(11)18-14(13(16)17)7-3-4-8-14/h5-6,9H,2-4,7-8,15H2,1H3. The first kappa shape index (κ1) is 11.4. The first-order valence-corrected chi connectivity index (χ1v) is 6.57. The van der Waals surface area contributed by atoms with Gasteiger partial charge in [-0.25, -0.2) is 0 Å². The van der Waals surface area contributed by atoms with E-state index in [1.54, 1.807) is 4.90 Å². The van der Waals surface area contributed by atoms with Crippen LogP contribution in [-0.2, 0) is 4.79 Å². The highest BCUT2D eigenvalue weighted by molar-refractivity contribution is 6.03. The number of rotatable bonds is 1. The molecule has 0 bridgehead atoms. The van der Waals surface area contributed by atoms with E-state index in [0.29, 0.717) is 12.2 Å². The van der Waals surface area contributed by atoms with Crippen molar-refractivity contribution in [3.8, 4) is 5.75 Å². The van der Waals surface area contributed by atoms with Gasteiger partial charge in [0.2, 0.25) is 0 Å². The average Bonchev–Trinajstić information content (AvgIpc) is 2.82. The van der Waals surface area contributed by atoms with E-state index in [9.17, 15) is 4.79 Å². The number of likely N-dealkylation sites (N-methyl/N-ethyl adjacent to an activating group) is 1. The molecule has 0 unspecified atom stereocenters. The molecule has 96 valence electrons. The predicted octanol–water partition coefficient (Wildman–Crippen LogP) is 2.33. The van der Waals surface area contributed by atoms with Gasteiger partial charge in [-0.3, -0.25) is 4.79 Å². The molecule has 1 spiro atoms. The molecule has 1 heterocycles. The van der Waals surface area contributed by atoms with Gasteiger partial charge in [0.15, 0.2) is 5.60 Å². The summed E-state index contributed by atoms with van der Waals surface area (Å²) in [6.45, 7) is 2.64. The Labute approximate surface area is 107 Å². The van der Waals surface area contributed by atoms with Gasteiger partial charge < -0.3 is 15.4 Å². The molecule has 0 radical (unpaired) electrons. The summed E-state index contributed by atoms with van der Waals surface area (Å²) in [7, 11) is 0. The molecule has 0 atom stereocenters. The van der Waals surface area contributed by atoms with Crippen LogP contribution in [0.3, 0.4) is 0 Å². The second-order valence-electron chi connectivity index (χ2n) is 5.08. The molecule has 1 amide bonds. The molecule has 1 aromatic carbocycles. The molecule has 2 N–H and O–H groups in total. The van der Waals surface area contributed by atoms with Crippen molar-refractivity contribution in [1.82, 2.24) is 0 Å². The van der Waals surface area contributed by atoms with E-state index in [-0.39, 0.29) is 5.91 Å². The van der Waals surface area contributed by atoms with E-state index >= 15 is 0 Å². The molecule has 0 aromatic heterocycles. The lowest BCUT2D eigenvalue weighted by atomic mass is 9.97. The number of ether oxygens (including phenoxy) is 1. The molecular formula is C14H18N2O2. The molecule has 4 heteroatoms. The van der Waals surface area contributed by atoms with E-state index in [0.717, 1.165) is 37.1 Å². The maximum Gasteiger partial charge on any atom is 0.271 e. The molecule has 1 saturated carbocycles. The Hall–Kier alpha value is -1.71. The summed E-state index contributed by atoms with van der Waals surface area (Å²) >= 11 is 0. The lowest BCUT2D eigenvalue weighted by Crippen LogP contribution is -2.54. The van der Waals surface area contributed by atoms with Gasteiger partial charge in [0.25, 0.3) is 5.91 Å². The van der Waals surface area contributed by atoms with Crippen LogP contribution < -0.4 is 15.4 Å². The van der Waals surface area contributed by atoms with Crippen LogP contribution in [0.1, 0.15) is 32.6 Å². The summed E-state index contributed by atoms with van der Waals surface area (Å²) in [4.78, 5) is 14.4. The number of hydrogen-bond donors (Lipinski definition) is 1. The molecule has 1 aromatic rings. The van der Waals surface area contributed by atoms with Crippen LogP contribution in [-0.4, -0.2) is 18.1 Å². The Bertz CT molecular complexity index is 493. The topological polar surface area (TPSA) is 55.6 Å². The van der Waals surface area contributed by atoms with Gasteiger partial charge in [0.1, 0.15) is 5.75 Å². The van der Waals surface area contributed by atoms with Crippen molar-refractivity contribution >= 4 is 17.3 Å². The van der Waals surface area contributed by atoms with Crippen molar-refractivity contribution in [3.63, 3.8) is 0 Å². The van der Waals surface area contributed by atoms with Gasteiger partial charge in [0, 0.05) is 12.2 Å². The number of hydrogen-bond acceptors (Lipinski definition) is 3. The monoisotopic (exact) mass is 246 g/mol. The zero-order valence-corrected chi connectivity index (χ0v) is 10.6. The van der Waals surface area contributed by atoms with Crippen LogP contribution in [0.4, 0.5) is 11.4 Å². The highest BCUT2D eigenvalue weighted by Crippen LogP contribution is 2.45. The first-order chi connectivity index (χ1) is 8.66. The van der Waals surface area contributed by atoms with E-state index in [1.165, 1.54) is 0 Å². The second-order valence-corrected chi connectivity index (χ2v) is 5.08. The highest BCUT2D eigenvalue weighted by atomic mass is 16.5. The van der Waals surface area contributed by atoms with Crippen LogP contribution in [0.15, 0.2) is 18.2 Å². The number of fused-ring (bicyclic) bond motifs is 1. The minimum atomic E-state index is -0.612. The number of amides is 1. The average molecular weight is 246 g/mol. The van der Waals surface area contributed by atoms with E-state index in [2.05, 4.69) is 0 Å². The number of carbonyl (C=O) groups is 1. The molecule has 3 rings (SSSR count). The predicted molar refractivity (Wildman–Crippen MR) is 70.7 cm³/mol. The Balaban J connectivity index is 2.09. The Morgan fingerprint density at radius 3 is 2.78 bits per heavy atom. The highest BCUT2D eigenvalue weighted by Gasteiger charge is 2.49. The van der Waals surface area contributed by atoms with Gasteiger partial charge in [0.05, 0.1) is 5.69 Å². The molecule has 0 saturated heterocycles.